The van der Waals surface area contributed by atoms with Gasteiger partial charge in [-0.3, -0.25) is 4.79 Å². The van der Waals surface area contributed by atoms with Gasteiger partial charge in [0.25, 0.3) is 0 Å². The molecular formula is C12H11N3O3S. The molecule has 2 rings (SSSR count). The summed E-state index contributed by atoms with van der Waals surface area (Å²) in [7, 11) is 0. The summed E-state index contributed by atoms with van der Waals surface area (Å²) in [5.41, 5.74) is 0.748. The van der Waals surface area contributed by atoms with E-state index in [0.717, 1.165) is 0 Å². The van der Waals surface area contributed by atoms with Gasteiger partial charge in [-0.2, -0.15) is 0 Å². The number of aromatic nitrogens is 2. The maximum Gasteiger partial charge on any atom is 0.335 e. The van der Waals surface area contributed by atoms with Crippen molar-refractivity contribution in [3.8, 4) is 0 Å². The molecule has 0 spiro atoms. The molecule has 1 amide bonds. The maximum atomic E-state index is 11.6. The number of thioether (sulfide) groups is 1. The molecule has 7 heteroatoms. The predicted molar refractivity (Wildman–Crippen MR) is 71.3 cm³/mol. The molecule has 98 valence electrons. The number of amides is 1. The van der Waals surface area contributed by atoms with Crippen molar-refractivity contribution in [3.05, 3.63) is 42.2 Å². The SMILES string of the molecule is O=C(CSc1ncc[nH]1)Nc1ccc(C(=O)O)cc1. The van der Waals surface area contributed by atoms with E-state index in [9.17, 15) is 9.59 Å². The van der Waals surface area contributed by atoms with Crippen molar-refractivity contribution in [1.82, 2.24) is 9.97 Å². The first-order chi connectivity index (χ1) is 9.15. The second-order valence-corrected chi connectivity index (χ2v) is 4.58. The molecule has 0 aliphatic carbocycles. The lowest BCUT2D eigenvalue weighted by Gasteiger charge is -2.04. The molecule has 0 aliphatic heterocycles. The Labute approximate surface area is 113 Å². The number of benzene rings is 1. The van der Waals surface area contributed by atoms with Gasteiger partial charge in [-0.15, -0.1) is 0 Å². The molecule has 19 heavy (non-hydrogen) atoms. The molecule has 0 saturated carbocycles. The average molecular weight is 277 g/mol. The highest BCUT2D eigenvalue weighted by molar-refractivity contribution is 7.99. The number of aromatic amines is 1. The highest BCUT2D eigenvalue weighted by Crippen LogP contribution is 2.13. The van der Waals surface area contributed by atoms with Gasteiger partial charge in [-0.1, -0.05) is 11.8 Å². The second kappa shape index (κ2) is 6.05. The topological polar surface area (TPSA) is 95.1 Å². The number of carbonyl (C=O) groups is 2. The minimum atomic E-state index is -0.994. The highest BCUT2D eigenvalue weighted by atomic mass is 32.2. The Morgan fingerprint density at radius 3 is 2.63 bits per heavy atom. The van der Waals surface area contributed by atoms with Crippen LogP contribution in [0.4, 0.5) is 5.69 Å². The molecule has 6 nitrogen and oxygen atoms in total. The summed E-state index contributed by atoms with van der Waals surface area (Å²) in [6, 6.07) is 5.99. The van der Waals surface area contributed by atoms with Crippen LogP contribution in [-0.4, -0.2) is 32.7 Å². The van der Waals surface area contributed by atoms with Crippen LogP contribution < -0.4 is 5.32 Å². The zero-order valence-electron chi connectivity index (χ0n) is 9.79. The third kappa shape index (κ3) is 3.85. The Morgan fingerprint density at radius 1 is 1.32 bits per heavy atom. The number of carbonyl (C=O) groups excluding carboxylic acids is 1. The monoisotopic (exact) mass is 277 g/mol. The van der Waals surface area contributed by atoms with Crippen LogP contribution >= 0.6 is 11.8 Å². The summed E-state index contributed by atoms with van der Waals surface area (Å²) in [5.74, 6) is -0.940. The van der Waals surface area contributed by atoms with Crippen LogP contribution in [0.25, 0.3) is 0 Å². The zero-order valence-corrected chi connectivity index (χ0v) is 10.6. The van der Waals surface area contributed by atoms with E-state index in [1.807, 2.05) is 0 Å². The lowest BCUT2D eigenvalue weighted by molar-refractivity contribution is -0.113. The molecule has 2 aromatic rings. The Bertz CT molecular complexity index is 566. The number of hydrogen-bond acceptors (Lipinski definition) is 4. The van der Waals surface area contributed by atoms with Crippen LogP contribution in [0, 0.1) is 0 Å². The van der Waals surface area contributed by atoms with Crippen LogP contribution in [0.3, 0.4) is 0 Å². The molecule has 3 N–H and O–H groups in total. The van der Waals surface area contributed by atoms with Crippen LogP contribution in [0.5, 0.6) is 0 Å². The fraction of sp³-hybridized carbons (Fsp3) is 0.0833. The molecule has 1 aromatic heterocycles. The van der Waals surface area contributed by atoms with E-state index in [0.29, 0.717) is 10.8 Å². The van der Waals surface area contributed by atoms with E-state index in [-0.39, 0.29) is 17.2 Å². The number of carboxylic acids is 1. The van der Waals surface area contributed by atoms with Crippen molar-refractivity contribution in [2.75, 3.05) is 11.1 Å². The Kier molecular flexibility index (Phi) is 4.19. The number of H-pyrrole nitrogens is 1. The van der Waals surface area contributed by atoms with Crippen molar-refractivity contribution in [1.29, 1.82) is 0 Å². The molecule has 0 atom stereocenters. The summed E-state index contributed by atoms with van der Waals surface area (Å²) in [5, 5.41) is 12.1. The fourth-order valence-corrected chi connectivity index (χ4v) is 1.98. The molecule has 0 bridgehead atoms. The summed E-state index contributed by atoms with van der Waals surface area (Å²) >= 11 is 1.29. The first kappa shape index (κ1) is 13.2. The van der Waals surface area contributed by atoms with Crippen molar-refractivity contribution in [2.24, 2.45) is 0 Å². The molecule has 0 unspecified atom stereocenters. The minimum Gasteiger partial charge on any atom is -0.478 e. The number of anilines is 1. The zero-order chi connectivity index (χ0) is 13.7. The summed E-state index contributed by atoms with van der Waals surface area (Å²) < 4.78 is 0. The largest absolute Gasteiger partial charge is 0.478 e. The number of hydrogen-bond donors (Lipinski definition) is 3. The average Bonchev–Trinajstić information content (AvgIpc) is 2.90. The van der Waals surface area contributed by atoms with Crippen LogP contribution in [0.1, 0.15) is 10.4 Å². The lowest BCUT2D eigenvalue weighted by atomic mass is 10.2. The first-order valence-electron chi connectivity index (χ1n) is 5.40. The molecular weight excluding hydrogens is 266 g/mol. The van der Waals surface area contributed by atoms with Gasteiger partial charge in [0, 0.05) is 18.1 Å². The normalized spacial score (nSPS) is 10.1. The highest BCUT2D eigenvalue weighted by Gasteiger charge is 2.06. The summed E-state index contributed by atoms with van der Waals surface area (Å²) in [6.45, 7) is 0. The van der Waals surface area contributed by atoms with Crippen LogP contribution in [-0.2, 0) is 4.79 Å². The fourth-order valence-electron chi connectivity index (χ4n) is 1.36. The number of nitrogens with one attached hydrogen (secondary N) is 2. The standard InChI is InChI=1S/C12H11N3O3S/c16-10(7-19-12-13-5-6-14-12)15-9-3-1-8(2-4-9)11(17)18/h1-6H,7H2,(H,13,14)(H,15,16)(H,17,18). The predicted octanol–water partition coefficient (Wildman–Crippen LogP) is 1.84. The summed E-state index contributed by atoms with van der Waals surface area (Å²) in [4.78, 5) is 29.2. The molecule has 1 aromatic carbocycles. The lowest BCUT2D eigenvalue weighted by Crippen LogP contribution is -2.14. The van der Waals surface area contributed by atoms with Gasteiger partial charge >= 0.3 is 5.97 Å². The molecule has 0 radical (unpaired) electrons. The first-order valence-corrected chi connectivity index (χ1v) is 6.39. The molecule has 1 heterocycles. The van der Waals surface area contributed by atoms with E-state index in [4.69, 9.17) is 5.11 Å². The van der Waals surface area contributed by atoms with E-state index in [2.05, 4.69) is 15.3 Å². The molecule has 0 aliphatic rings. The summed E-state index contributed by atoms with van der Waals surface area (Å²) in [6.07, 6.45) is 3.30. The number of nitrogens with zero attached hydrogens (tertiary/aromatic N) is 1. The third-order valence-electron chi connectivity index (χ3n) is 2.23. The van der Waals surface area contributed by atoms with Crippen LogP contribution in [0.15, 0.2) is 41.8 Å². The van der Waals surface area contributed by atoms with Gasteiger partial charge < -0.3 is 15.4 Å². The number of aromatic carboxylic acids is 1. The van der Waals surface area contributed by atoms with Gasteiger partial charge in [0.15, 0.2) is 5.16 Å². The van der Waals surface area contributed by atoms with Crippen molar-refractivity contribution < 1.29 is 14.7 Å². The van der Waals surface area contributed by atoms with Gasteiger partial charge in [0.05, 0.1) is 11.3 Å². The second-order valence-electron chi connectivity index (χ2n) is 3.61. The number of rotatable bonds is 5. The minimum absolute atomic E-state index is 0.176. The Morgan fingerprint density at radius 2 is 2.05 bits per heavy atom. The maximum absolute atomic E-state index is 11.6. The van der Waals surface area contributed by atoms with Crippen molar-refractivity contribution >= 4 is 29.3 Å². The van der Waals surface area contributed by atoms with E-state index in [1.54, 1.807) is 24.5 Å². The smallest absolute Gasteiger partial charge is 0.335 e. The molecule has 0 saturated heterocycles. The van der Waals surface area contributed by atoms with Gasteiger partial charge in [0.2, 0.25) is 5.91 Å². The van der Waals surface area contributed by atoms with Gasteiger partial charge in [-0.05, 0) is 24.3 Å². The Balaban J connectivity index is 1.86. The number of carboxylic acid groups (broad SMARTS) is 1. The number of imidazole rings is 1. The van der Waals surface area contributed by atoms with E-state index in [1.165, 1.54) is 23.9 Å². The van der Waals surface area contributed by atoms with Gasteiger partial charge in [0.1, 0.15) is 0 Å². The van der Waals surface area contributed by atoms with Crippen molar-refractivity contribution in [3.63, 3.8) is 0 Å². The Hall–Kier alpha value is -2.28. The quantitative estimate of drug-likeness (QED) is 0.725. The van der Waals surface area contributed by atoms with E-state index < -0.39 is 5.97 Å². The van der Waals surface area contributed by atoms with E-state index >= 15 is 0 Å². The third-order valence-corrected chi connectivity index (χ3v) is 3.13. The molecule has 0 fully saturated rings. The van der Waals surface area contributed by atoms with Gasteiger partial charge in [-0.25, -0.2) is 9.78 Å². The van der Waals surface area contributed by atoms with Crippen molar-refractivity contribution in [2.45, 2.75) is 5.16 Å². The van der Waals surface area contributed by atoms with Crippen LogP contribution in [0.2, 0.25) is 0 Å².